The van der Waals surface area contributed by atoms with Crippen molar-refractivity contribution in [3.05, 3.63) is 64.9 Å². The predicted octanol–water partition coefficient (Wildman–Crippen LogP) is 3.61. The minimum atomic E-state index is 0.462. The highest BCUT2D eigenvalue weighted by Gasteiger charge is 2.08. The van der Waals surface area contributed by atoms with Crippen molar-refractivity contribution in [2.45, 2.75) is 6.54 Å². The topological polar surface area (TPSA) is 41.6 Å². The lowest BCUT2D eigenvalue weighted by molar-refractivity contribution is 0.825. The molecule has 4 heteroatoms. The summed E-state index contributed by atoms with van der Waals surface area (Å²) in [6.07, 6.45) is 0. The standard InChI is InChI=1S/C15H10ClN3/c16-15-18-13-6-1-2-7-14(13)19(15)10-12-5-3-4-11(8-12)9-17/h1-8H,10H2. The largest absolute Gasteiger partial charge is 0.310 e. The molecule has 0 bridgehead atoms. The van der Waals surface area contributed by atoms with E-state index in [0.29, 0.717) is 17.4 Å². The van der Waals surface area contributed by atoms with Crippen LogP contribution in [-0.2, 0) is 6.54 Å². The molecule has 0 saturated heterocycles. The number of benzene rings is 2. The van der Waals surface area contributed by atoms with E-state index in [1.807, 2.05) is 47.0 Å². The van der Waals surface area contributed by atoms with Crippen LogP contribution in [0.5, 0.6) is 0 Å². The van der Waals surface area contributed by atoms with Crippen molar-refractivity contribution in [1.82, 2.24) is 9.55 Å². The number of aromatic nitrogens is 2. The van der Waals surface area contributed by atoms with E-state index >= 15 is 0 Å². The fourth-order valence-electron chi connectivity index (χ4n) is 2.12. The first kappa shape index (κ1) is 11.8. The summed E-state index contributed by atoms with van der Waals surface area (Å²) in [5.74, 6) is 0. The van der Waals surface area contributed by atoms with Gasteiger partial charge in [0.1, 0.15) is 0 Å². The molecule has 0 aliphatic carbocycles. The van der Waals surface area contributed by atoms with E-state index in [4.69, 9.17) is 16.9 Å². The fourth-order valence-corrected chi connectivity index (χ4v) is 2.36. The second kappa shape index (κ2) is 4.75. The van der Waals surface area contributed by atoms with Gasteiger partial charge in [-0.15, -0.1) is 0 Å². The zero-order valence-corrected chi connectivity index (χ0v) is 10.8. The molecular formula is C15H10ClN3. The first-order valence-corrected chi connectivity index (χ1v) is 6.25. The molecule has 0 radical (unpaired) electrons. The molecule has 0 aliphatic heterocycles. The number of fused-ring (bicyclic) bond motifs is 1. The number of nitrogens with zero attached hydrogens (tertiary/aromatic N) is 3. The lowest BCUT2D eigenvalue weighted by atomic mass is 10.1. The maximum absolute atomic E-state index is 8.92. The minimum Gasteiger partial charge on any atom is -0.310 e. The van der Waals surface area contributed by atoms with Crippen molar-refractivity contribution in [3.8, 4) is 6.07 Å². The van der Waals surface area contributed by atoms with Gasteiger partial charge in [-0.1, -0.05) is 24.3 Å². The SMILES string of the molecule is N#Cc1cccc(Cn2c(Cl)nc3ccccc32)c1. The summed E-state index contributed by atoms with van der Waals surface area (Å²) >= 11 is 6.18. The van der Waals surface area contributed by atoms with E-state index in [-0.39, 0.29) is 0 Å². The summed E-state index contributed by atoms with van der Waals surface area (Å²) in [5.41, 5.74) is 3.56. The highest BCUT2D eigenvalue weighted by Crippen LogP contribution is 2.21. The highest BCUT2D eigenvalue weighted by atomic mass is 35.5. The van der Waals surface area contributed by atoms with Gasteiger partial charge in [0, 0.05) is 0 Å². The van der Waals surface area contributed by atoms with Gasteiger partial charge in [0.2, 0.25) is 5.28 Å². The average molecular weight is 268 g/mol. The molecule has 92 valence electrons. The molecule has 0 saturated carbocycles. The molecule has 0 N–H and O–H groups in total. The summed E-state index contributed by atoms with van der Waals surface area (Å²) in [4.78, 5) is 4.32. The quantitative estimate of drug-likeness (QED) is 0.712. The van der Waals surface area contributed by atoms with E-state index in [2.05, 4.69) is 11.1 Å². The van der Waals surface area contributed by atoms with Gasteiger partial charge in [0.25, 0.3) is 0 Å². The average Bonchev–Trinajstić information content (AvgIpc) is 2.76. The number of para-hydroxylation sites is 2. The molecular weight excluding hydrogens is 258 g/mol. The van der Waals surface area contributed by atoms with Crippen LogP contribution in [0.3, 0.4) is 0 Å². The maximum atomic E-state index is 8.92. The van der Waals surface area contributed by atoms with E-state index in [0.717, 1.165) is 16.6 Å². The first-order valence-electron chi connectivity index (χ1n) is 5.88. The third-order valence-corrected chi connectivity index (χ3v) is 3.29. The van der Waals surface area contributed by atoms with Gasteiger partial charge in [-0.3, -0.25) is 0 Å². The maximum Gasteiger partial charge on any atom is 0.204 e. The zero-order valence-electron chi connectivity index (χ0n) is 10.0. The summed E-state index contributed by atoms with van der Waals surface area (Å²) in [5, 5.41) is 9.38. The van der Waals surface area contributed by atoms with Gasteiger partial charge < -0.3 is 4.57 Å². The monoisotopic (exact) mass is 267 g/mol. The van der Waals surface area contributed by atoms with Crippen molar-refractivity contribution < 1.29 is 0 Å². The van der Waals surface area contributed by atoms with Gasteiger partial charge in [-0.2, -0.15) is 5.26 Å². The fraction of sp³-hybridized carbons (Fsp3) is 0.0667. The minimum absolute atomic E-state index is 0.462. The van der Waals surface area contributed by atoms with E-state index in [9.17, 15) is 0 Å². The van der Waals surface area contributed by atoms with Crippen LogP contribution >= 0.6 is 11.6 Å². The molecule has 19 heavy (non-hydrogen) atoms. The number of rotatable bonds is 2. The Morgan fingerprint density at radius 1 is 1.16 bits per heavy atom. The van der Waals surface area contributed by atoms with Crippen molar-refractivity contribution in [3.63, 3.8) is 0 Å². The molecule has 3 rings (SSSR count). The number of imidazole rings is 1. The normalized spacial score (nSPS) is 10.5. The van der Waals surface area contributed by atoms with Crippen LogP contribution in [0.2, 0.25) is 5.28 Å². The third-order valence-electron chi connectivity index (χ3n) is 3.00. The van der Waals surface area contributed by atoms with Crippen molar-refractivity contribution in [2.24, 2.45) is 0 Å². The van der Waals surface area contributed by atoms with E-state index < -0.39 is 0 Å². The summed E-state index contributed by atoms with van der Waals surface area (Å²) in [6, 6.07) is 17.5. The Bertz CT molecular complexity index is 783. The van der Waals surface area contributed by atoms with Gasteiger partial charge in [-0.05, 0) is 41.4 Å². The predicted molar refractivity (Wildman–Crippen MR) is 75.0 cm³/mol. The number of nitriles is 1. The second-order valence-electron chi connectivity index (χ2n) is 4.27. The van der Waals surface area contributed by atoms with Crippen LogP contribution < -0.4 is 0 Å². The van der Waals surface area contributed by atoms with Crippen molar-refractivity contribution >= 4 is 22.6 Å². The molecule has 3 aromatic rings. The molecule has 1 heterocycles. The summed E-state index contributed by atoms with van der Waals surface area (Å²) in [6.45, 7) is 0.606. The Balaban J connectivity index is 2.06. The van der Waals surface area contributed by atoms with Crippen molar-refractivity contribution in [2.75, 3.05) is 0 Å². The number of hydrogen-bond donors (Lipinski definition) is 0. The second-order valence-corrected chi connectivity index (χ2v) is 4.61. The number of hydrogen-bond acceptors (Lipinski definition) is 2. The summed E-state index contributed by atoms with van der Waals surface area (Å²) in [7, 11) is 0. The Morgan fingerprint density at radius 3 is 2.84 bits per heavy atom. The van der Waals surface area contributed by atoms with Crippen LogP contribution in [0.15, 0.2) is 48.5 Å². The molecule has 2 aromatic carbocycles. The van der Waals surface area contributed by atoms with Crippen LogP contribution in [0.1, 0.15) is 11.1 Å². The smallest absolute Gasteiger partial charge is 0.204 e. The van der Waals surface area contributed by atoms with Gasteiger partial charge in [0.05, 0.1) is 29.2 Å². The Hall–Kier alpha value is -2.31. The van der Waals surface area contributed by atoms with E-state index in [1.54, 1.807) is 6.07 Å². The van der Waals surface area contributed by atoms with Crippen LogP contribution in [0.4, 0.5) is 0 Å². The highest BCUT2D eigenvalue weighted by molar-refractivity contribution is 6.29. The summed E-state index contributed by atoms with van der Waals surface area (Å²) < 4.78 is 1.94. The molecule has 0 fully saturated rings. The molecule has 1 aromatic heterocycles. The Labute approximate surface area is 115 Å². The molecule has 0 unspecified atom stereocenters. The van der Waals surface area contributed by atoms with Crippen LogP contribution in [0, 0.1) is 11.3 Å². The van der Waals surface area contributed by atoms with Crippen molar-refractivity contribution in [1.29, 1.82) is 5.26 Å². The Kier molecular flexibility index (Phi) is 2.94. The van der Waals surface area contributed by atoms with Crippen LogP contribution in [-0.4, -0.2) is 9.55 Å². The van der Waals surface area contributed by atoms with Gasteiger partial charge >= 0.3 is 0 Å². The molecule has 0 amide bonds. The lowest BCUT2D eigenvalue weighted by Crippen LogP contribution is -1.99. The van der Waals surface area contributed by atoms with Crippen LogP contribution in [0.25, 0.3) is 11.0 Å². The molecule has 0 aliphatic rings. The van der Waals surface area contributed by atoms with Gasteiger partial charge in [0.15, 0.2) is 0 Å². The Morgan fingerprint density at radius 2 is 2.00 bits per heavy atom. The molecule has 0 atom stereocenters. The molecule has 0 spiro atoms. The van der Waals surface area contributed by atoms with E-state index in [1.165, 1.54) is 0 Å². The molecule has 3 nitrogen and oxygen atoms in total. The third kappa shape index (κ3) is 2.18. The number of halogens is 1. The first-order chi connectivity index (χ1) is 9.28. The zero-order chi connectivity index (χ0) is 13.2. The lowest BCUT2D eigenvalue weighted by Gasteiger charge is -2.06. The van der Waals surface area contributed by atoms with Gasteiger partial charge in [-0.25, -0.2) is 4.98 Å².